The highest BCUT2D eigenvalue weighted by molar-refractivity contribution is 6.04. The van der Waals surface area contributed by atoms with E-state index in [1.54, 1.807) is 28.9 Å². The Bertz CT molecular complexity index is 1180. The fraction of sp³-hybridized carbons (Fsp3) is 0.136. The Kier molecular flexibility index (Phi) is 5.57. The Morgan fingerprint density at radius 1 is 0.968 bits per heavy atom. The standard InChI is InChI=1S/C22H21N7O2/c1-14-12-15(2)29(28-14)20-10-9-19(26-27-20)24-17-5-7-18(8-6-17)25-22(30)16-4-11-21(31-3)23-13-16/h4-13H,1-3H3,(H,24,26)(H,25,30). The molecule has 4 rings (SSSR count). The lowest BCUT2D eigenvalue weighted by Crippen LogP contribution is -2.12. The summed E-state index contributed by atoms with van der Waals surface area (Å²) in [7, 11) is 1.53. The van der Waals surface area contributed by atoms with Crippen LogP contribution in [0.3, 0.4) is 0 Å². The summed E-state index contributed by atoms with van der Waals surface area (Å²) in [4.78, 5) is 16.4. The van der Waals surface area contributed by atoms with Gasteiger partial charge in [-0.2, -0.15) is 5.10 Å². The highest BCUT2D eigenvalue weighted by Gasteiger charge is 2.08. The van der Waals surface area contributed by atoms with Crippen molar-refractivity contribution in [2.24, 2.45) is 0 Å². The predicted molar refractivity (Wildman–Crippen MR) is 117 cm³/mol. The van der Waals surface area contributed by atoms with Gasteiger partial charge in [0.15, 0.2) is 11.6 Å². The average molecular weight is 415 g/mol. The number of hydrogen-bond donors (Lipinski definition) is 2. The molecule has 0 radical (unpaired) electrons. The maximum absolute atomic E-state index is 12.3. The molecule has 0 fully saturated rings. The maximum atomic E-state index is 12.3. The van der Waals surface area contributed by atoms with E-state index in [4.69, 9.17) is 4.74 Å². The van der Waals surface area contributed by atoms with Gasteiger partial charge in [-0.25, -0.2) is 9.67 Å². The molecule has 0 aliphatic heterocycles. The third kappa shape index (κ3) is 4.67. The molecule has 0 spiro atoms. The minimum atomic E-state index is -0.249. The van der Waals surface area contributed by atoms with Gasteiger partial charge in [-0.15, -0.1) is 10.2 Å². The molecule has 31 heavy (non-hydrogen) atoms. The first kappa shape index (κ1) is 20.0. The van der Waals surface area contributed by atoms with Crippen molar-refractivity contribution in [3.05, 3.63) is 77.7 Å². The van der Waals surface area contributed by atoms with Crippen molar-refractivity contribution < 1.29 is 9.53 Å². The molecule has 9 nitrogen and oxygen atoms in total. The predicted octanol–water partition coefficient (Wildman–Crippen LogP) is 3.68. The molecule has 0 saturated heterocycles. The van der Waals surface area contributed by atoms with Gasteiger partial charge in [0.25, 0.3) is 5.91 Å². The quantitative estimate of drug-likeness (QED) is 0.495. The zero-order valence-corrected chi connectivity index (χ0v) is 17.3. The molecule has 0 atom stereocenters. The van der Waals surface area contributed by atoms with Crippen LogP contribution in [0.15, 0.2) is 60.8 Å². The summed E-state index contributed by atoms with van der Waals surface area (Å²) in [5.41, 5.74) is 3.85. The van der Waals surface area contributed by atoms with Crippen molar-refractivity contribution in [2.75, 3.05) is 17.7 Å². The van der Waals surface area contributed by atoms with Gasteiger partial charge in [-0.3, -0.25) is 4.79 Å². The zero-order chi connectivity index (χ0) is 21.8. The molecule has 3 aromatic heterocycles. The van der Waals surface area contributed by atoms with Gasteiger partial charge in [-0.05, 0) is 62.4 Å². The molecule has 3 heterocycles. The summed E-state index contributed by atoms with van der Waals surface area (Å²) in [6.45, 7) is 3.91. The number of amides is 1. The van der Waals surface area contributed by atoms with Crippen LogP contribution in [0.4, 0.5) is 17.2 Å². The Morgan fingerprint density at radius 3 is 2.32 bits per heavy atom. The molecule has 2 N–H and O–H groups in total. The fourth-order valence-corrected chi connectivity index (χ4v) is 2.99. The second kappa shape index (κ2) is 8.62. The molecule has 0 saturated carbocycles. The van der Waals surface area contributed by atoms with Gasteiger partial charge in [0, 0.05) is 29.3 Å². The van der Waals surface area contributed by atoms with E-state index in [1.807, 2.05) is 44.2 Å². The minimum absolute atomic E-state index is 0.249. The Labute approximate surface area is 179 Å². The first-order valence-corrected chi connectivity index (χ1v) is 9.58. The smallest absolute Gasteiger partial charge is 0.257 e. The molecule has 0 unspecified atom stereocenters. The number of rotatable bonds is 6. The van der Waals surface area contributed by atoms with E-state index in [0.29, 0.717) is 28.8 Å². The third-order valence-electron chi connectivity index (χ3n) is 4.50. The summed E-state index contributed by atoms with van der Waals surface area (Å²) >= 11 is 0. The number of benzene rings is 1. The summed E-state index contributed by atoms with van der Waals surface area (Å²) in [5, 5.41) is 18.9. The summed E-state index contributed by atoms with van der Waals surface area (Å²) in [6.07, 6.45) is 1.47. The number of carbonyl (C=O) groups is 1. The molecule has 4 aromatic rings. The number of methoxy groups -OCH3 is 1. The van der Waals surface area contributed by atoms with Crippen molar-refractivity contribution in [3.8, 4) is 11.7 Å². The summed E-state index contributed by atoms with van der Waals surface area (Å²) < 4.78 is 6.75. The van der Waals surface area contributed by atoms with Crippen LogP contribution in [-0.4, -0.2) is 38.0 Å². The first-order chi connectivity index (χ1) is 15.0. The molecule has 156 valence electrons. The van der Waals surface area contributed by atoms with Crippen LogP contribution in [0.5, 0.6) is 5.88 Å². The Hall–Kier alpha value is -4.27. The number of aryl methyl sites for hydroxylation is 2. The highest BCUT2D eigenvalue weighted by atomic mass is 16.5. The van der Waals surface area contributed by atoms with Gasteiger partial charge in [0.05, 0.1) is 18.4 Å². The van der Waals surface area contributed by atoms with Crippen LogP contribution in [0, 0.1) is 13.8 Å². The van der Waals surface area contributed by atoms with Crippen molar-refractivity contribution in [1.29, 1.82) is 0 Å². The van der Waals surface area contributed by atoms with E-state index in [1.165, 1.54) is 13.3 Å². The Morgan fingerprint density at radius 2 is 1.74 bits per heavy atom. The second-order valence-corrected chi connectivity index (χ2v) is 6.86. The highest BCUT2D eigenvalue weighted by Crippen LogP contribution is 2.19. The number of carbonyl (C=O) groups excluding carboxylic acids is 1. The first-order valence-electron chi connectivity index (χ1n) is 9.58. The summed E-state index contributed by atoms with van der Waals surface area (Å²) in [6, 6.07) is 16.3. The molecule has 9 heteroatoms. The molecule has 0 aliphatic carbocycles. The molecular weight excluding hydrogens is 394 g/mol. The lowest BCUT2D eigenvalue weighted by atomic mass is 10.2. The monoisotopic (exact) mass is 415 g/mol. The lowest BCUT2D eigenvalue weighted by Gasteiger charge is -2.09. The van der Waals surface area contributed by atoms with Crippen LogP contribution in [0.25, 0.3) is 5.82 Å². The van der Waals surface area contributed by atoms with E-state index < -0.39 is 0 Å². The molecule has 1 amide bonds. The van der Waals surface area contributed by atoms with Crippen molar-refractivity contribution >= 4 is 23.1 Å². The van der Waals surface area contributed by atoms with Crippen molar-refractivity contribution in [1.82, 2.24) is 25.0 Å². The van der Waals surface area contributed by atoms with Crippen LogP contribution in [0.2, 0.25) is 0 Å². The van der Waals surface area contributed by atoms with E-state index in [0.717, 1.165) is 17.1 Å². The fourth-order valence-electron chi connectivity index (χ4n) is 2.99. The molecular formula is C22H21N7O2. The topological polar surface area (TPSA) is 107 Å². The number of nitrogens with one attached hydrogen (secondary N) is 2. The molecule has 1 aromatic carbocycles. The molecule has 0 aliphatic rings. The normalized spacial score (nSPS) is 10.5. The zero-order valence-electron chi connectivity index (χ0n) is 17.3. The number of nitrogens with zero attached hydrogens (tertiary/aromatic N) is 5. The minimum Gasteiger partial charge on any atom is -0.481 e. The number of hydrogen-bond acceptors (Lipinski definition) is 7. The Balaban J connectivity index is 1.39. The number of ether oxygens (including phenoxy) is 1. The van der Waals surface area contributed by atoms with Crippen LogP contribution < -0.4 is 15.4 Å². The number of pyridine rings is 1. The summed E-state index contributed by atoms with van der Waals surface area (Å²) in [5.74, 6) is 1.47. The van der Waals surface area contributed by atoms with Crippen molar-refractivity contribution in [3.63, 3.8) is 0 Å². The number of anilines is 3. The maximum Gasteiger partial charge on any atom is 0.257 e. The van der Waals surface area contributed by atoms with E-state index >= 15 is 0 Å². The lowest BCUT2D eigenvalue weighted by molar-refractivity contribution is 0.102. The number of aromatic nitrogens is 5. The average Bonchev–Trinajstić information content (AvgIpc) is 3.13. The van der Waals surface area contributed by atoms with Gasteiger partial charge >= 0.3 is 0 Å². The van der Waals surface area contributed by atoms with Gasteiger partial charge in [-0.1, -0.05) is 0 Å². The van der Waals surface area contributed by atoms with Crippen LogP contribution in [0.1, 0.15) is 21.7 Å². The van der Waals surface area contributed by atoms with Gasteiger partial charge in [0.2, 0.25) is 5.88 Å². The van der Waals surface area contributed by atoms with Crippen LogP contribution in [-0.2, 0) is 0 Å². The van der Waals surface area contributed by atoms with E-state index in [9.17, 15) is 4.79 Å². The van der Waals surface area contributed by atoms with E-state index in [-0.39, 0.29) is 5.91 Å². The SMILES string of the molecule is COc1ccc(C(=O)Nc2ccc(Nc3ccc(-n4nc(C)cc4C)nn3)cc2)cn1. The molecule has 0 bridgehead atoms. The van der Waals surface area contributed by atoms with Crippen molar-refractivity contribution in [2.45, 2.75) is 13.8 Å². The van der Waals surface area contributed by atoms with Gasteiger partial charge < -0.3 is 15.4 Å². The third-order valence-corrected chi connectivity index (χ3v) is 4.50. The van der Waals surface area contributed by atoms with Crippen LogP contribution >= 0.6 is 0 Å². The van der Waals surface area contributed by atoms with E-state index in [2.05, 4.69) is 30.9 Å². The van der Waals surface area contributed by atoms with Gasteiger partial charge in [0.1, 0.15) is 0 Å². The second-order valence-electron chi connectivity index (χ2n) is 6.86. The largest absolute Gasteiger partial charge is 0.481 e.